The first-order valence-corrected chi connectivity index (χ1v) is 13.5. The molecule has 2 aromatic rings. The summed E-state index contributed by atoms with van der Waals surface area (Å²) in [6.45, 7) is 8.38. The number of hydrogen-bond donors (Lipinski definition) is 1. The number of amides is 1. The van der Waals surface area contributed by atoms with Crippen LogP contribution in [0.4, 0.5) is 5.82 Å². The normalized spacial score (nSPS) is 18.4. The van der Waals surface area contributed by atoms with Crippen molar-refractivity contribution in [3.05, 3.63) is 44.7 Å². The average Bonchev–Trinajstić information content (AvgIpc) is 3.12. The van der Waals surface area contributed by atoms with Crippen molar-refractivity contribution in [2.45, 2.75) is 39.5 Å². The lowest BCUT2D eigenvalue weighted by Crippen LogP contribution is -2.48. The van der Waals surface area contributed by atoms with Gasteiger partial charge in [-0.2, -0.15) is 0 Å². The predicted molar refractivity (Wildman–Crippen MR) is 146 cm³/mol. The Morgan fingerprint density at radius 2 is 1.89 bits per heavy atom. The molecule has 35 heavy (non-hydrogen) atoms. The number of aryl methyl sites for hydroxylation is 1. The third-order valence-corrected chi connectivity index (χ3v) is 7.84. The number of unbranched alkanes of at least 4 members (excludes halogenated alkanes) is 3. The summed E-state index contributed by atoms with van der Waals surface area (Å²) in [6, 6.07) is 3.79. The van der Waals surface area contributed by atoms with Gasteiger partial charge < -0.3 is 10.0 Å². The monoisotopic (exact) mass is 515 g/mol. The molecule has 4 rings (SSSR count). The van der Waals surface area contributed by atoms with E-state index in [1.54, 1.807) is 21.6 Å². The number of thioether (sulfide) groups is 1. The Labute approximate surface area is 215 Å². The Hall–Kier alpha value is -2.27. The Kier molecular flexibility index (Phi) is 8.59. The number of rotatable bonds is 9. The quantitative estimate of drug-likeness (QED) is 0.310. The fourth-order valence-electron chi connectivity index (χ4n) is 4.46. The smallest absolute Gasteiger partial charge is 0.267 e. The minimum absolute atomic E-state index is 0.125. The summed E-state index contributed by atoms with van der Waals surface area (Å²) in [5.41, 5.74) is 1.75. The Balaban J connectivity index is 1.69. The first-order valence-electron chi connectivity index (χ1n) is 12.3. The summed E-state index contributed by atoms with van der Waals surface area (Å²) in [5, 5.41) is 9.26. The van der Waals surface area contributed by atoms with E-state index in [4.69, 9.17) is 17.2 Å². The number of β-amino-alcohol motifs (C(OH)–C–C–N with tert-alkyl or cyclic N) is 1. The minimum Gasteiger partial charge on any atom is -0.395 e. The molecule has 2 aromatic heterocycles. The van der Waals surface area contributed by atoms with E-state index in [-0.39, 0.29) is 18.1 Å². The fraction of sp³-hybridized carbons (Fsp3) is 0.520. The van der Waals surface area contributed by atoms with E-state index in [0.717, 1.165) is 44.3 Å². The lowest BCUT2D eigenvalue weighted by Gasteiger charge is -2.35. The van der Waals surface area contributed by atoms with Crippen LogP contribution in [-0.4, -0.2) is 80.4 Å². The number of aliphatic hydroxyl groups excluding tert-OH is 1. The summed E-state index contributed by atoms with van der Waals surface area (Å²) in [7, 11) is 0. The van der Waals surface area contributed by atoms with Crippen LogP contribution in [0.25, 0.3) is 11.7 Å². The zero-order valence-corrected chi connectivity index (χ0v) is 22.0. The van der Waals surface area contributed by atoms with Crippen LogP contribution in [0.2, 0.25) is 0 Å². The van der Waals surface area contributed by atoms with Crippen LogP contribution in [0.15, 0.2) is 28.0 Å². The van der Waals surface area contributed by atoms with E-state index in [2.05, 4.69) is 16.7 Å². The molecule has 2 saturated heterocycles. The van der Waals surface area contributed by atoms with Crippen molar-refractivity contribution in [3.8, 4) is 0 Å². The van der Waals surface area contributed by atoms with Gasteiger partial charge >= 0.3 is 0 Å². The van der Waals surface area contributed by atoms with Gasteiger partial charge in [-0.05, 0) is 31.1 Å². The van der Waals surface area contributed by atoms with Crippen LogP contribution < -0.4 is 10.5 Å². The summed E-state index contributed by atoms with van der Waals surface area (Å²) < 4.78 is 2.10. The molecule has 0 saturated carbocycles. The fourth-order valence-corrected chi connectivity index (χ4v) is 5.75. The van der Waals surface area contributed by atoms with Gasteiger partial charge in [0.1, 0.15) is 15.8 Å². The molecule has 0 atom stereocenters. The highest BCUT2D eigenvalue weighted by Crippen LogP contribution is 2.34. The Morgan fingerprint density at radius 3 is 2.60 bits per heavy atom. The summed E-state index contributed by atoms with van der Waals surface area (Å²) in [6.07, 6.45) is 7.71. The zero-order chi connectivity index (χ0) is 24.9. The molecule has 4 heterocycles. The van der Waals surface area contributed by atoms with Crippen molar-refractivity contribution in [3.63, 3.8) is 0 Å². The number of aliphatic hydroxyl groups is 1. The molecular weight excluding hydrogens is 482 g/mol. The number of fused-ring (bicyclic) bond motifs is 1. The van der Waals surface area contributed by atoms with E-state index in [9.17, 15) is 14.7 Å². The van der Waals surface area contributed by atoms with Crippen molar-refractivity contribution in [1.82, 2.24) is 19.2 Å². The number of hydrogen-bond acceptors (Lipinski definition) is 8. The van der Waals surface area contributed by atoms with Gasteiger partial charge in [-0.1, -0.05) is 56.2 Å². The molecule has 10 heteroatoms. The van der Waals surface area contributed by atoms with Gasteiger partial charge in [0.2, 0.25) is 0 Å². The molecule has 2 aliphatic heterocycles. The number of anilines is 1. The maximum Gasteiger partial charge on any atom is 0.267 e. The number of pyridine rings is 1. The third-order valence-electron chi connectivity index (χ3n) is 6.46. The highest BCUT2D eigenvalue weighted by Gasteiger charge is 2.32. The molecule has 0 spiro atoms. The summed E-state index contributed by atoms with van der Waals surface area (Å²) >= 11 is 6.76. The SMILES string of the molecule is CCCCCCN1C(=O)C(=Cc2c(N3CCN(CCO)CC3)nc3ccc(C)cn3c2=O)SC1=S. The van der Waals surface area contributed by atoms with Gasteiger partial charge in [-0.3, -0.25) is 23.8 Å². The van der Waals surface area contributed by atoms with E-state index in [0.29, 0.717) is 52.4 Å². The van der Waals surface area contributed by atoms with Gasteiger partial charge in [-0.15, -0.1) is 0 Å². The van der Waals surface area contributed by atoms with E-state index < -0.39 is 0 Å². The Bertz CT molecular complexity index is 1190. The molecular formula is C25H33N5O3S2. The first-order chi connectivity index (χ1) is 16.9. The molecule has 0 aliphatic carbocycles. The number of piperazine rings is 1. The van der Waals surface area contributed by atoms with E-state index >= 15 is 0 Å². The summed E-state index contributed by atoms with van der Waals surface area (Å²) in [5.74, 6) is 0.458. The molecule has 0 radical (unpaired) electrons. The average molecular weight is 516 g/mol. The van der Waals surface area contributed by atoms with Crippen LogP contribution in [0.5, 0.6) is 0 Å². The maximum absolute atomic E-state index is 13.7. The van der Waals surface area contributed by atoms with Crippen molar-refractivity contribution < 1.29 is 9.90 Å². The van der Waals surface area contributed by atoms with Crippen LogP contribution >= 0.6 is 24.0 Å². The predicted octanol–water partition coefficient (Wildman–Crippen LogP) is 2.90. The number of nitrogens with zero attached hydrogens (tertiary/aromatic N) is 5. The van der Waals surface area contributed by atoms with Gasteiger partial charge in [0.25, 0.3) is 11.5 Å². The summed E-state index contributed by atoms with van der Waals surface area (Å²) in [4.78, 5) is 38.1. The molecule has 8 nitrogen and oxygen atoms in total. The van der Waals surface area contributed by atoms with E-state index in [1.165, 1.54) is 11.8 Å². The second-order valence-electron chi connectivity index (χ2n) is 9.04. The molecule has 0 aromatic carbocycles. The molecule has 2 aliphatic rings. The van der Waals surface area contributed by atoms with Crippen molar-refractivity contribution in [1.29, 1.82) is 0 Å². The lowest BCUT2D eigenvalue weighted by molar-refractivity contribution is -0.122. The number of carbonyl (C=O) groups excluding carboxylic acids is 1. The van der Waals surface area contributed by atoms with Gasteiger partial charge in [0.15, 0.2) is 0 Å². The van der Waals surface area contributed by atoms with Gasteiger partial charge in [0, 0.05) is 45.5 Å². The topological polar surface area (TPSA) is 81.4 Å². The number of thiocarbonyl (C=S) groups is 1. The maximum atomic E-state index is 13.7. The van der Waals surface area contributed by atoms with Crippen LogP contribution in [0.1, 0.15) is 43.7 Å². The number of carbonyl (C=O) groups is 1. The number of aromatic nitrogens is 2. The van der Waals surface area contributed by atoms with Crippen LogP contribution in [0, 0.1) is 6.92 Å². The van der Waals surface area contributed by atoms with Crippen molar-refractivity contribution in [2.75, 3.05) is 50.8 Å². The highest BCUT2D eigenvalue weighted by molar-refractivity contribution is 8.26. The molecule has 0 bridgehead atoms. The zero-order valence-electron chi connectivity index (χ0n) is 20.4. The van der Waals surface area contributed by atoms with Crippen LogP contribution in [0.3, 0.4) is 0 Å². The molecule has 188 valence electrons. The van der Waals surface area contributed by atoms with Crippen molar-refractivity contribution >= 4 is 51.7 Å². The highest BCUT2D eigenvalue weighted by atomic mass is 32.2. The third kappa shape index (κ3) is 5.77. The standard InChI is InChI=1S/C25H33N5O3S2/c1-3-4-5-6-9-29-24(33)20(35-25(29)34)16-19-22(28-12-10-27(11-13-28)14-15-31)26-21-8-7-18(2)17-30(21)23(19)32/h7-8,16-17,31H,3-6,9-15H2,1-2H3. The van der Waals surface area contributed by atoms with Gasteiger partial charge in [-0.25, -0.2) is 4.98 Å². The first kappa shape index (κ1) is 25.8. The van der Waals surface area contributed by atoms with Gasteiger partial charge in [0.05, 0.1) is 17.1 Å². The molecule has 1 N–H and O–H groups in total. The molecule has 2 fully saturated rings. The largest absolute Gasteiger partial charge is 0.395 e. The molecule has 1 amide bonds. The van der Waals surface area contributed by atoms with E-state index in [1.807, 2.05) is 19.1 Å². The molecule has 0 unspecified atom stereocenters. The minimum atomic E-state index is -0.195. The second-order valence-corrected chi connectivity index (χ2v) is 10.7. The lowest BCUT2D eigenvalue weighted by atomic mass is 10.2. The Morgan fingerprint density at radius 1 is 1.11 bits per heavy atom. The van der Waals surface area contributed by atoms with Crippen LogP contribution in [-0.2, 0) is 4.79 Å². The second kappa shape index (κ2) is 11.6. The van der Waals surface area contributed by atoms with Crippen molar-refractivity contribution in [2.24, 2.45) is 0 Å².